The number of nitrogens with one attached hydrogen (secondary N) is 1. The molecule has 0 aliphatic rings. The van der Waals surface area contributed by atoms with E-state index in [9.17, 15) is 8.42 Å². The van der Waals surface area contributed by atoms with Crippen molar-refractivity contribution in [3.8, 4) is 22.1 Å². The Morgan fingerprint density at radius 2 is 1.85 bits per heavy atom. The lowest BCUT2D eigenvalue weighted by molar-refractivity contribution is 0.354. The number of aromatic nitrogens is 1. The van der Waals surface area contributed by atoms with E-state index in [4.69, 9.17) is 9.47 Å². The summed E-state index contributed by atoms with van der Waals surface area (Å²) in [5.41, 5.74) is 2.79. The van der Waals surface area contributed by atoms with Crippen molar-refractivity contribution in [3.05, 3.63) is 59.1 Å². The quantitative estimate of drug-likeness (QED) is 0.651. The zero-order valence-electron chi connectivity index (χ0n) is 15.2. The maximum absolute atomic E-state index is 12.6. The van der Waals surface area contributed by atoms with E-state index in [-0.39, 0.29) is 11.4 Å². The van der Waals surface area contributed by atoms with Crippen molar-refractivity contribution in [2.24, 2.45) is 0 Å². The summed E-state index contributed by atoms with van der Waals surface area (Å²) in [6, 6.07) is 12.2. The summed E-state index contributed by atoms with van der Waals surface area (Å²) >= 11 is 1.56. The van der Waals surface area contributed by atoms with Crippen molar-refractivity contribution in [2.45, 2.75) is 18.4 Å². The van der Waals surface area contributed by atoms with Gasteiger partial charge in [-0.2, -0.15) is 0 Å². The number of rotatable bonds is 7. The number of benzene rings is 2. The molecule has 0 spiro atoms. The Morgan fingerprint density at radius 1 is 1.07 bits per heavy atom. The van der Waals surface area contributed by atoms with E-state index in [0.717, 1.165) is 21.8 Å². The molecule has 3 aromatic rings. The second-order valence-electron chi connectivity index (χ2n) is 5.84. The van der Waals surface area contributed by atoms with Crippen molar-refractivity contribution >= 4 is 21.4 Å². The van der Waals surface area contributed by atoms with E-state index in [1.54, 1.807) is 17.4 Å². The highest BCUT2D eigenvalue weighted by Crippen LogP contribution is 2.29. The number of hydrogen-bond donors (Lipinski definition) is 1. The van der Waals surface area contributed by atoms with Crippen molar-refractivity contribution < 1.29 is 17.9 Å². The van der Waals surface area contributed by atoms with Crippen molar-refractivity contribution in [1.29, 1.82) is 0 Å². The summed E-state index contributed by atoms with van der Waals surface area (Å²) in [5, 5.41) is 2.90. The third kappa shape index (κ3) is 4.47. The summed E-state index contributed by atoms with van der Waals surface area (Å²) in [7, 11) is -0.721. The van der Waals surface area contributed by atoms with Crippen LogP contribution in [0.15, 0.2) is 52.7 Å². The molecule has 27 heavy (non-hydrogen) atoms. The molecule has 0 radical (unpaired) electrons. The van der Waals surface area contributed by atoms with Gasteiger partial charge in [-0.1, -0.05) is 18.2 Å². The van der Waals surface area contributed by atoms with Crippen LogP contribution in [-0.4, -0.2) is 27.6 Å². The summed E-state index contributed by atoms with van der Waals surface area (Å²) in [5.74, 6) is 0.837. The first-order chi connectivity index (χ1) is 12.9. The molecule has 0 amide bonds. The average Bonchev–Trinajstić information content (AvgIpc) is 3.12. The minimum atomic E-state index is -3.69. The van der Waals surface area contributed by atoms with Crippen molar-refractivity contribution in [3.63, 3.8) is 0 Å². The van der Waals surface area contributed by atoms with Gasteiger partial charge in [-0.15, -0.1) is 11.3 Å². The fraction of sp³-hybridized carbons (Fsp3) is 0.211. The number of nitrogens with zero attached hydrogens (tertiary/aromatic N) is 1. The van der Waals surface area contributed by atoms with Crippen LogP contribution in [0, 0.1) is 6.92 Å². The van der Waals surface area contributed by atoms with E-state index in [1.165, 1.54) is 26.4 Å². The standard InChI is InChI=1S/C19H20N2O4S2/c1-13-12-26-19(21-13)15-6-4-5-14(9-15)11-20-27(22,23)16-7-8-17(24-2)18(10-16)25-3/h4-10,12,20H,11H2,1-3H3. The second kappa shape index (κ2) is 8.08. The van der Waals surface area contributed by atoms with Crippen molar-refractivity contribution in [2.75, 3.05) is 14.2 Å². The molecule has 3 rings (SSSR count). The first kappa shape index (κ1) is 19.3. The van der Waals surface area contributed by atoms with Gasteiger partial charge in [0, 0.05) is 29.2 Å². The molecule has 0 aliphatic heterocycles. The van der Waals surface area contributed by atoms with Crippen LogP contribution in [0.25, 0.3) is 10.6 Å². The molecule has 1 aromatic heterocycles. The van der Waals surface area contributed by atoms with E-state index in [1.807, 2.05) is 36.6 Å². The molecule has 1 N–H and O–H groups in total. The van der Waals surface area contributed by atoms with Crippen LogP contribution in [0.1, 0.15) is 11.3 Å². The topological polar surface area (TPSA) is 77.5 Å². The molecule has 0 fully saturated rings. The van der Waals surface area contributed by atoms with Gasteiger partial charge in [0.25, 0.3) is 0 Å². The molecule has 0 saturated heterocycles. The molecular weight excluding hydrogens is 384 g/mol. The fourth-order valence-corrected chi connectivity index (χ4v) is 4.37. The zero-order valence-corrected chi connectivity index (χ0v) is 16.9. The highest BCUT2D eigenvalue weighted by atomic mass is 32.2. The van der Waals surface area contributed by atoms with E-state index >= 15 is 0 Å². The summed E-state index contributed by atoms with van der Waals surface area (Å²) in [6.45, 7) is 2.12. The van der Waals surface area contributed by atoms with Gasteiger partial charge in [-0.25, -0.2) is 18.1 Å². The Morgan fingerprint density at radius 3 is 2.52 bits per heavy atom. The van der Waals surface area contributed by atoms with Gasteiger partial charge in [0.15, 0.2) is 11.5 Å². The van der Waals surface area contributed by atoms with Gasteiger partial charge in [-0.3, -0.25) is 0 Å². The monoisotopic (exact) mass is 404 g/mol. The molecule has 1 heterocycles. The Bertz CT molecular complexity index is 1050. The summed E-state index contributed by atoms with van der Waals surface area (Å²) < 4.78 is 38.2. The Balaban J connectivity index is 1.78. The van der Waals surface area contributed by atoms with Gasteiger partial charge in [-0.05, 0) is 30.7 Å². The number of thiazole rings is 1. The fourth-order valence-electron chi connectivity index (χ4n) is 2.55. The van der Waals surface area contributed by atoms with Crippen LogP contribution in [0.5, 0.6) is 11.5 Å². The maximum Gasteiger partial charge on any atom is 0.241 e. The largest absolute Gasteiger partial charge is 0.493 e. The first-order valence-corrected chi connectivity index (χ1v) is 10.5. The van der Waals surface area contributed by atoms with Crippen LogP contribution in [0.3, 0.4) is 0 Å². The van der Waals surface area contributed by atoms with Crippen LogP contribution < -0.4 is 14.2 Å². The Kier molecular flexibility index (Phi) is 5.79. The molecule has 0 aliphatic carbocycles. The molecule has 142 valence electrons. The maximum atomic E-state index is 12.6. The van der Waals surface area contributed by atoms with E-state index < -0.39 is 10.0 Å². The third-order valence-corrected chi connectivity index (χ3v) is 6.33. The van der Waals surface area contributed by atoms with Crippen LogP contribution in [-0.2, 0) is 16.6 Å². The molecule has 8 heteroatoms. The van der Waals surface area contributed by atoms with Gasteiger partial charge in [0.1, 0.15) is 5.01 Å². The highest BCUT2D eigenvalue weighted by molar-refractivity contribution is 7.89. The first-order valence-electron chi connectivity index (χ1n) is 8.16. The van der Waals surface area contributed by atoms with Gasteiger partial charge in [0.05, 0.1) is 19.1 Å². The number of ether oxygens (including phenoxy) is 2. The van der Waals surface area contributed by atoms with Gasteiger partial charge < -0.3 is 9.47 Å². The molecular formula is C19H20N2O4S2. The molecule has 6 nitrogen and oxygen atoms in total. The lowest BCUT2D eigenvalue weighted by Gasteiger charge is -2.11. The number of methoxy groups -OCH3 is 2. The normalized spacial score (nSPS) is 11.4. The van der Waals surface area contributed by atoms with Crippen LogP contribution in [0.2, 0.25) is 0 Å². The minimum absolute atomic E-state index is 0.117. The van der Waals surface area contributed by atoms with E-state index in [2.05, 4.69) is 9.71 Å². The molecule has 0 atom stereocenters. The SMILES string of the molecule is COc1ccc(S(=O)(=O)NCc2cccc(-c3nc(C)cs3)c2)cc1OC. The average molecular weight is 405 g/mol. The Labute approximate surface area is 162 Å². The predicted molar refractivity (Wildman–Crippen MR) is 106 cm³/mol. The lowest BCUT2D eigenvalue weighted by atomic mass is 10.1. The predicted octanol–water partition coefficient (Wildman–Crippen LogP) is 3.61. The van der Waals surface area contributed by atoms with Crippen molar-refractivity contribution in [1.82, 2.24) is 9.71 Å². The van der Waals surface area contributed by atoms with E-state index in [0.29, 0.717) is 11.5 Å². The van der Waals surface area contributed by atoms with Gasteiger partial charge >= 0.3 is 0 Å². The number of hydrogen-bond acceptors (Lipinski definition) is 6. The van der Waals surface area contributed by atoms with Crippen LogP contribution in [0.4, 0.5) is 0 Å². The molecule has 0 saturated carbocycles. The van der Waals surface area contributed by atoms with Gasteiger partial charge in [0.2, 0.25) is 10.0 Å². The smallest absolute Gasteiger partial charge is 0.241 e. The number of aryl methyl sites for hydroxylation is 1. The minimum Gasteiger partial charge on any atom is -0.493 e. The summed E-state index contributed by atoms with van der Waals surface area (Å²) in [4.78, 5) is 4.59. The second-order valence-corrected chi connectivity index (χ2v) is 8.46. The zero-order chi connectivity index (χ0) is 19.4. The lowest BCUT2D eigenvalue weighted by Crippen LogP contribution is -2.23. The molecule has 0 bridgehead atoms. The molecule has 0 unspecified atom stereocenters. The number of sulfonamides is 1. The third-order valence-electron chi connectivity index (χ3n) is 3.92. The summed E-state index contributed by atoms with van der Waals surface area (Å²) in [6.07, 6.45) is 0. The Hall–Kier alpha value is -2.42. The molecule has 2 aromatic carbocycles. The van der Waals surface area contributed by atoms with Crippen LogP contribution >= 0.6 is 11.3 Å². The highest BCUT2D eigenvalue weighted by Gasteiger charge is 2.17.